The molecule has 0 aromatic carbocycles. The average molecular weight is 318 g/mol. The van der Waals surface area contributed by atoms with E-state index in [9.17, 15) is 4.39 Å². The summed E-state index contributed by atoms with van der Waals surface area (Å²) in [6.07, 6.45) is 3.87. The molecule has 0 bridgehead atoms. The van der Waals surface area contributed by atoms with E-state index in [1.54, 1.807) is 19.4 Å². The molecule has 0 saturated carbocycles. The van der Waals surface area contributed by atoms with Crippen molar-refractivity contribution in [3.63, 3.8) is 0 Å². The van der Waals surface area contributed by atoms with Gasteiger partial charge in [-0.1, -0.05) is 0 Å². The number of anilines is 2. The van der Waals surface area contributed by atoms with Gasteiger partial charge in [-0.2, -0.15) is 0 Å². The first kappa shape index (κ1) is 15.4. The molecular formula is C15H19FN6O. The number of hydrogen-bond donors (Lipinski definition) is 2. The number of aromatic nitrogens is 3. The van der Waals surface area contributed by atoms with E-state index in [0.717, 1.165) is 18.5 Å². The van der Waals surface area contributed by atoms with Crippen LogP contribution in [0, 0.1) is 5.82 Å². The third-order valence-electron chi connectivity index (χ3n) is 3.93. The molecule has 1 atom stereocenters. The van der Waals surface area contributed by atoms with Gasteiger partial charge in [0.15, 0.2) is 11.6 Å². The van der Waals surface area contributed by atoms with E-state index in [1.165, 1.54) is 12.4 Å². The number of methoxy groups -OCH3 is 1. The van der Waals surface area contributed by atoms with Gasteiger partial charge >= 0.3 is 0 Å². The lowest BCUT2D eigenvalue weighted by molar-refractivity contribution is 0.388. The number of nitrogens with two attached hydrogens (primary N) is 1. The first-order valence-corrected chi connectivity index (χ1v) is 7.41. The van der Waals surface area contributed by atoms with Crippen LogP contribution in [0.25, 0.3) is 0 Å². The van der Waals surface area contributed by atoms with Gasteiger partial charge in [0, 0.05) is 31.9 Å². The number of nitrogens with one attached hydrogen (secondary N) is 1. The molecule has 2 aromatic rings. The Morgan fingerprint density at radius 2 is 2.30 bits per heavy atom. The summed E-state index contributed by atoms with van der Waals surface area (Å²) in [5.74, 6) is 0.970. The monoisotopic (exact) mass is 318 g/mol. The molecule has 0 radical (unpaired) electrons. The van der Waals surface area contributed by atoms with Gasteiger partial charge < -0.3 is 20.7 Å². The lowest BCUT2D eigenvalue weighted by Gasteiger charge is -2.18. The summed E-state index contributed by atoms with van der Waals surface area (Å²) in [6.45, 7) is 1.94. The molecule has 7 nitrogen and oxygen atoms in total. The first-order valence-electron chi connectivity index (χ1n) is 7.41. The number of halogens is 1. The Morgan fingerprint density at radius 1 is 1.43 bits per heavy atom. The Bertz CT molecular complexity index is 683. The van der Waals surface area contributed by atoms with E-state index in [1.807, 2.05) is 4.90 Å². The molecule has 23 heavy (non-hydrogen) atoms. The molecule has 1 fully saturated rings. The highest BCUT2D eigenvalue weighted by molar-refractivity contribution is 5.45. The van der Waals surface area contributed by atoms with Crippen molar-refractivity contribution in [1.29, 1.82) is 0 Å². The maximum atomic E-state index is 13.8. The molecule has 2 aromatic heterocycles. The summed E-state index contributed by atoms with van der Waals surface area (Å²) >= 11 is 0. The van der Waals surface area contributed by atoms with Crippen LogP contribution in [0.3, 0.4) is 0 Å². The van der Waals surface area contributed by atoms with Gasteiger partial charge in [-0.3, -0.25) is 0 Å². The predicted octanol–water partition coefficient (Wildman–Crippen LogP) is 0.970. The van der Waals surface area contributed by atoms with Gasteiger partial charge in [0.1, 0.15) is 12.1 Å². The molecule has 0 spiro atoms. The molecule has 8 heteroatoms. The molecule has 1 aliphatic heterocycles. The van der Waals surface area contributed by atoms with Crippen molar-refractivity contribution in [2.45, 2.75) is 19.0 Å². The van der Waals surface area contributed by atoms with E-state index in [0.29, 0.717) is 30.6 Å². The number of rotatable bonds is 5. The summed E-state index contributed by atoms with van der Waals surface area (Å²) in [5.41, 5.74) is 6.61. The van der Waals surface area contributed by atoms with Gasteiger partial charge in [0.2, 0.25) is 5.88 Å². The van der Waals surface area contributed by atoms with E-state index >= 15 is 0 Å². The summed E-state index contributed by atoms with van der Waals surface area (Å²) in [4.78, 5) is 14.1. The quantitative estimate of drug-likeness (QED) is 0.849. The molecule has 122 valence electrons. The second-order valence-corrected chi connectivity index (χ2v) is 5.37. The Hall–Kier alpha value is -2.48. The summed E-state index contributed by atoms with van der Waals surface area (Å²) in [7, 11) is 1.55. The second-order valence-electron chi connectivity index (χ2n) is 5.37. The van der Waals surface area contributed by atoms with E-state index in [-0.39, 0.29) is 11.9 Å². The Balaban J connectivity index is 1.62. The minimum Gasteiger partial charge on any atom is -0.481 e. The Kier molecular flexibility index (Phi) is 4.52. The number of nitrogen functional groups attached to an aromatic ring is 1. The number of pyridine rings is 1. The SMILES string of the molecule is COc1ncnc(N)c1CN[C@@H]1CCN(c2ncccc2F)C1. The highest BCUT2D eigenvalue weighted by Gasteiger charge is 2.25. The van der Waals surface area contributed by atoms with Crippen LogP contribution in [0.5, 0.6) is 5.88 Å². The van der Waals surface area contributed by atoms with Crippen LogP contribution in [-0.2, 0) is 6.54 Å². The van der Waals surface area contributed by atoms with Gasteiger partial charge in [-0.25, -0.2) is 19.3 Å². The molecule has 0 amide bonds. The Morgan fingerprint density at radius 3 is 3.09 bits per heavy atom. The summed E-state index contributed by atoms with van der Waals surface area (Å²) < 4.78 is 19.0. The predicted molar refractivity (Wildman–Crippen MR) is 84.6 cm³/mol. The normalized spacial score (nSPS) is 17.5. The van der Waals surface area contributed by atoms with Crippen molar-refractivity contribution in [3.8, 4) is 5.88 Å². The van der Waals surface area contributed by atoms with Crippen molar-refractivity contribution in [1.82, 2.24) is 20.3 Å². The smallest absolute Gasteiger partial charge is 0.222 e. The van der Waals surface area contributed by atoms with E-state index in [2.05, 4.69) is 20.3 Å². The molecule has 0 aliphatic carbocycles. The minimum atomic E-state index is -0.296. The minimum absolute atomic E-state index is 0.209. The van der Waals surface area contributed by atoms with Crippen LogP contribution in [-0.4, -0.2) is 41.2 Å². The van der Waals surface area contributed by atoms with Crippen LogP contribution >= 0.6 is 0 Å². The van der Waals surface area contributed by atoms with Crippen molar-refractivity contribution in [3.05, 3.63) is 36.0 Å². The second kappa shape index (κ2) is 6.74. The summed E-state index contributed by atoms with van der Waals surface area (Å²) in [5, 5.41) is 3.40. The van der Waals surface area contributed by atoms with Crippen molar-refractivity contribution >= 4 is 11.6 Å². The zero-order chi connectivity index (χ0) is 16.2. The molecule has 3 heterocycles. The zero-order valence-corrected chi connectivity index (χ0v) is 12.9. The standard InChI is InChI=1S/C15H19FN6O/c1-23-15-11(13(17)20-9-21-15)7-19-10-4-6-22(8-10)14-12(16)3-2-5-18-14/h2-3,5,9-10,19H,4,6-8H2,1H3,(H2,17,20,21)/t10-/m1/s1. The molecule has 1 saturated heterocycles. The molecular weight excluding hydrogens is 299 g/mol. The fourth-order valence-electron chi connectivity index (χ4n) is 2.73. The third-order valence-corrected chi connectivity index (χ3v) is 3.93. The maximum Gasteiger partial charge on any atom is 0.222 e. The van der Waals surface area contributed by atoms with E-state index < -0.39 is 0 Å². The molecule has 3 N–H and O–H groups in total. The van der Waals surface area contributed by atoms with Crippen LogP contribution in [0.2, 0.25) is 0 Å². The van der Waals surface area contributed by atoms with Gasteiger partial charge in [-0.05, 0) is 18.6 Å². The number of ether oxygens (including phenoxy) is 1. The summed E-state index contributed by atoms with van der Waals surface area (Å²) in [6, 6.07) is 3.23. The average Bonchev–Trinajstić information content (AvgIpc) is 3.02. The largest absolute Gasteiger partial charge is 0.481 e. The highest BCUT2D eigenvalue weighted by atomic mass is 19.1. The third kappa shape index (κ3) is 3.31. The van der Waals surface area contributed by atoms with Crippen LogP contribution < -0.4 is 20.7 Å². The topological polar surface area (TPSA) is 89.2 Å². The first-order chi connectivity index (χ1) is 11.2. The van der Waals surface area contributed by atoms with E-state index in [4.69, 9.17) is 10.5 Å². The molecule has 3 rings (SSSR count). The fourth-order valence-corrected chi connectivity index (χ4v) is 2.73. The fraction of sp³-hybridized carbons (Fsp3) is 0.400. The van der Waals surface area contributed by atoms with Crippen molar-refractivity contribution in [2.24, 2.45) is 0 Å². The number of hydrogen-bond acceptors (Lipinski definition) is 7. The van der Waals surface area contributed by atoms with Crippen molar-refractivity contribution in [2.75, 3.05) is 30.8 Å². The number of nitrogens with zero attached hydrogens (tertiary/aromatic N) is 4. The lowest BCUT2D eigenvalue weighted by Crippen LogP contribution is -2.33. The van der Waals surface area contributed by atoms with Gasteiger partial charge in [0.25, 0.3) is 0 Å². The molecule has 1 aliphatic rings. The lowest BCUT2D eigenvalue weighted by atomic mass is 10.2. The Labute approximate surface area is 133 Å². The molecule has 0 unspecified atom stereocenters. The van der Waals surface area contributed by atoms with Crippen LogP contribution in [0.1, 0.15) is 12.0 Å². The highest BCUT2D eigenvalue weighted by Crippen LogP contribution is 2.22. The maximum absolute atomic E-state index is 13.8. The zero-order valence-electron chi connectivity index (χ0n) is 12.9. The van der Waals surface area contributed by atoms with Gasteiger partial charge in [0.05, 0.1) is 12.7 Å². The van der Waals surface area contributed by atoms with Crippen molar-refractivity contribution < 1.29 is 9.13 Å². The van der Waals surface area contributed by atoms with Gasteiger partial charge in [-0.15, -0.1) is 0 Å². The van der Waals surface area contributed by atoms with Crippen LogP contribution in [0.4, 0.5) is 16.0 Å². The van der Waals surface area contributed by atoms with Crippen LogP contribution in [0.15, 0.2) is 24.7 Å².